The highest BCUT2D eigenvalue weighted by Crippen LogP contribution is 2.06. The van der Waals surface area contributed by atoms with Gasteiger partial charge >= 0.3 is 5.97 Å². The van der Waals surface area contributed by atoms with Crippen molar-refractivity contribution in [1.82, 2.24) is 0 Å². The molecule has 20 heavy (non-hydrogen) atoms. The Balaban J connectivity index is 0.000000204. The van der Waals surface area contributed by atoms with Crippen LogP contribution in [0.4, 0.5) is 0 Å². The first-order valence-electron chi connectivity index (χ1n) is 5.28. The van der Waals surface area contributed by atoms with Gasteiger partial charge in [-0.3, -0.25) is 14.4 Å². The summed E-state index contributed by atoms with van der Waals surface area (Å²) < 4.78 is 13.7. The van der Waals surface area contributed by atoms with Gasteiger partial charge in [0, 0.05) is 0 Å². The third kappa shape index (κ3) is 4.05. The zero-order valence-electron chi connectivity index (χ0n) is 10.4. The fourth-order valence-electron chi connectivity index (χ4n) is 1.12. The maximum atomic E-state index is 10.7. The number of methoxy groups -OCH3 is 1. The second kappa shape index (κ2) is 7.47. The van der Waals surface area contributed by atoms with E-state index in [9.17, 15) is 19.2 Å². The van der Waals surface area contributed by atoms with Gasteiger partial charge < -0.3 is 13.6 Å². The van der Waals surface area contributed by atoms with Crippen molar-refractivity contribution in [2.45, 2.75) is 0 Å². The molecule has 7 nitrogen and oxygen atoms in total. The predicted molar refractivity (Wildman–Crippen MR) is 64.9 cm³/mol. The van der Waals surface area contributed by atoms with Gasteiger partial charge in [-0.15, -0.1) is 0 Å². The minimum absolute atomic E-state index is 0.0367. The molecule has 0 unspecified atom stereocenters. The fourth-order valence-corrected chi connectivity index (χ4v) is 1.12. The zero-order valence-corrected chi connectivity index (χ0v) is 10.4. The van der Waals surface area contributed by atoms with Crippen LogP contribution in [0.5, 0.6) is 0 Å². The van der Waals surface area contributed by atoms with E-state index in [4.69, 9.17) is 4.42 Å². The fraction of sp³-hybridized carbons (Fsp3) is 0.0769. The summed E-state index contributed by atoms with van der Waals surface area (Å²) in [6.45, 7) is 0. The van der Waals surface area contributed by atoms with Crippen LogP contribution in [0.3, 0.4) is 0 Å². The lowest BCUT2D eigenvalue weighted by Crippen LogP contribution is -1.98. The molecule has 0 aliphatic carbocycles. The molecule has 0 fully saturated rings. The quantitative estimate of drug-likeness (QED) is 0.620. The Labute approximate surface area is 113 Å². The molecule has 0 radical (unpaired) electrons. The van der Waals surface area contributed by atoms with Crippen molar-refractivity contribution in [2.75, 3.05) is 7.11 Å². The molecule has 0 bridgehead atoms. The lowest BCUT2D eigenvalue weighted by Gasteiger charge is -1.90. The Bertz CT molecular complexity index is 583. The number of esters is 1. The van der Waals surface area contributed by atoms with E-state index in [-0.39, 0.29) is 23.0 Å². The number of aldehydes is 3. The van der Waals surface area contributed by atoms with Crippen LogP contribution in [0.1, 0.15) is 42.2 Å². The SMILES string of the molecule is COC(=O)c1ccc(C=O)o1.O=Cc1ccc(C=O)o1. The molecular formula is C13H10O7. The second-order valence-corrected chi connectivity index (χ2v) is 3.29. The van der Waals surface area contributed by atoms with Gasteiger partial charge in [-0.2, -0.15) is 0 Å². The lowest BCUT2D eigenvalue weighted by atomic mass is 10.4. The van der Waals surface area contributed by atoms with Crippen molar-refractivity contribution in [3.63, 3.8) is 0 Å². The molecule has 0 aromatic carbocycles. The summed E-state index contributed by atoms with van der Waals surface area (Å²) in [5, 5.41) is 0. The molecule has 2 aromatic rings. The van der Waals surface area contributed by atoms with Crippen LogP contribution in [-0.2, 0) is 4.74 Å². The van der Waals surface area contributed by atoms with Gasteiger partial charge in [0.2, 0.25) is 5.76 Å². The Morgan fingerprint density at radius 2 is 1.35 bits per heavy atom. The predicted octanol–water partition coefficient (Wildman–Crippen LogP) is 1.78. The summed E-state index contributed by atoms with van der Waals surface area (Å²) in [7, 11) is 1.24. The van der Waals surface area contributed by atoms with Crippen LogP contribution in [0.25, 0.3) is 0 Å². The van der Waals surface area contributed by atoms with Crippen LogP contribution in [0, 0.1) is 0 Å². The van der Waals surface area contributed by atoms with E-state index in [1.54, 1.807) is 0 Å². The van der Waals surface area contributed by atoms with E-state index in [2.05, 4.69) is 9.15 Å². The number of ether oxygens (including phenoxy) is 1. The smallest absolute Gasteiger partial charge is 0.373 e. The standard InChI is InChI=1S/C7H6O4.C6H4O3/c1-10-7(9)6-3-2-5(4-8)11-6;7-3-5-1-2-6(4-8)9-5/h2-4H,1H3;1-4H. The van der Waals surface area contributed by atoms with Crippen molar-refractivity contribution < 1.29 is 32.7 Å². The van der Waals surface area contributed by atoms with E-state index in [0.29, 0.717) is 18.9 Å². The molecule has 104 valence electrons. The molecule has 2 heterocycles. The average molecular weight is 278 g/mol. The first-order valence-corrected chi connectivity index (χ1v) is 5.28. The van der Waals surface area contributed by atoms with Crippen LogP contribution in [-0.4, -0.2) is 31.9 Å². The second-order valence-electron chi connectivity index (χ2n) is 3.29. The summed E-state index contributed by atoms with van der Waals surface area (Å²) >= 11 is 0. The molecule has 0 saturated carbocycles. The number of hydrogen-bond acceptors (Lipinski definition) is 7. The summed E-state index contributed by atoms with van der Waals surface area (Å²) in [4.78, 5) is 40.6. The van der Waals surface area contributed by atoms with Gasteiger partial charge in [-0.1, -0.05) is 0 Å². The summed E-state index contributed by atoms with van der Waals surface area (Å²) in [5.41, 5.74) is 0. The molecule has 7 heteroatoms. The van der Waals surface area contributed by atoms with E-state index in [1.807, 2.05) is 0 Å². The molecule has 0 N–H and O–H groups in total. The van der Waals surface area contributed by atoms with Crippen molar-refractivity contribution in [1.29, 1.82) is 0 Å². The maximum Gasteiger partial charge on any atom is 0.373 e. The number of carbonyl (C=O) groups excluding carboxylic acids is 4. The summed E-state index contributed by atoms with van der Waals surface area (Å²) in [5.74, 6) is -0.0766. The number of rotatable bonds is 4. The summed E-state index contributed by atoms with van der Waals surface area (Å²) in [6, 6.07) is 5.67. The first kappa shape index (κ1) is 15.1. The molecule has 0 saturated heterocycles. The maximum absolute atomic E-state index is 10.7. The number of furan rings is 2. The van der Waals surface area contributed by atoms with E-state index in [1.165, 1.54) is 31.4 Å². The van der Waals surface area contributed by atoms with E-state index < -0.39 is 5.97 Å². The van der Waals surface area contributed by atoms with Crippen LogP contribution in [0.15, 0.2) is 33.1 Å². The number of hydrogen-bond donors (Lipinski definition) is 0. The van der Waals surface area contributed by atoms with Crippen molar-refractivity contribution in [2.24, 2.45) is 0 Å². The van der Waals surface area contributed by atoms with Gasteiger partial charge in [-0.25, -0.2) is 4.79 Å². The molecule has 2 aromatic heterocycles. The summed E-state index contributed by atoms with van der Waals surface area (Å²) in [6.07, 6.45) is 1.62. The van der Waals surface area contributed by atoms with Crippen molar-refractivity contribution in [3.8, 4) is 0 Å². The third-order valence-electron chi connectivity index (χ3n) is 2.01. The average Bonchev–Trinajstić information content (AvgIpc) is 3.15. The minimum atomic E-state index is -0.585. The van der Waals surface area contributed by atoms with Gasteiger partial charge in [0.25, 0.3) is 0 Å². The number of carbonyl (C=O) groups is 4. The van der Waals surface area contributed by atoms with Crippen molar-refractivity contribution >= 4 is 24.8 Å². The highest BCUT2D eigenvalue weighted by atomic mass is 16.5. The molecular weight excluding hydrogens is 268 g/mol. The van der Waals surface area contributed by atoms with Gasteiger partial charge in [0.15, 0.2) is 36.1 Å². The normalized spacial score (nSPS) is 9.05. The van der Waals surface area contributed by atoms with Crippen LogP contribution < -0.4 is 0 Å². The third-order valence-corrected chi connectivity index (χ3v) is 2.01. The zero-order chi connectivity index (χ0) is 15.0. The largest absolute Gasteiger partial charge is 0.463 e. The molecule has 0 aliphatic heterocycles. The van der Waals surface area contributed by atoms with Gasteiger partial charge in [0.1, 0.15) is 0 Å². The topological polar surface area (TPSA) is 104 Å². The Morgan fingerprint density at radius 3 is 1.70 bits per heavy atom. The van der Waals surface area contributed by atoms with E-state index >= 15 is 0 Å². The molecule has 2 rings (SSSR count). The van der Waals surface area contributed by atoms with Gasteiger partial charge in [-0.05, 0) is 24.3 Å². The molecule has 0 amide bonds. The highest BCUT2D eigenvalue weighted by Gasteiger charge is 2.09. The lowest BCUT2D eigenvalue weighted by molar-refractivity contribution is 0.0563. The van der Waals surface area contributed by atoms with Gasteiger partial charge in [0.05, 0.1) is 7.11 Å². The Hall–Kier alpha value is -2.96. The molecule has 0 atom stereocenters. The van der Waals surface area contributed by atoms with E-state index in [0.717, 1.165) is 0 Å². The molecule has 0 aliphatic rings. The van der Waals surface area contributed by atoms with Crippen LogP contribution >= 0.6 is 0 Å². The highest BCUT2D eigenvalue weighted by molar-refractivity contribution is 5.87. The minimum Gasteiger partial charge on any atom is -0.463 e. The van der Waals surface area contributed by atoms with Crippen molar-refractivity contribution in [3.05, 3.63) is 47.3 Å². The van der Waals surface area contributed by atoms with Crippen LogP contribution in [0.2, 0.25) is 0 Å². The monoisotopic (exact) mass is 278 g/mol. The Kier molecular flexibility index (Phi) is 5.64. The molecule has 0 spiro atoms. The first-order chi connectivity index (χ1) is 9.64. The Morgan fingerprint density at radius 1 is 0.900 bits per heavy atom.